The third-order valence-electron chi connectivity index (χ3n) is 2.55. The van der Waals surface area contributed by atoms with Gasteiger partial charge in [0.1, 0.15) is 17.7 Å². The Hall–Kier alpha value is -2.66. The summed E-state index contributed by atoms with van der Waals surface area (Å²) in [5.74, 6) is 0. The van der Waals surface area contributed by atoms with E-state index in [0.717, 1.165) is 0 Å². The minimum absolute atomic E-state index is 0.0734. The highest BCUT2D eigenvalue weighted by Crippen LogP contribution is 2.27. The van der Waals surface area contributed by atoms with Crippen LogP contribution in [0.25, 0.3) is 5.57 Å². The van der Waals surface area contributed by atoms with Crippen LogP contribution in [0.4, 0.5) is 0 Å². The molecule has 0 spiro atoms. The first-order valence-electron chi connectivity index (χ1n) is 5.45. The van der Waals surface area contributed by atoms with E-state index in [-0.39, 0.29) is 28.0 Å². The topological polar surface area (TPSA) is 118 Å². The number of allylic oxidation sites excluding steroid dienone is 2. The Labute approximate surface area is 117 Å². The molecule has 0 aliphatic rings. The Morgan fingerprint density at radius 2 is 1.80 bits per heavy atom. The maximum atomic E-state index is 11.9. The lowest BCUT2D eigenvalue weighted by Crippen LogP contribution is -2.20. The largest absolute Gasteiger partial charge is 0.240 e. The fraction of sp³-hybridized carbons (Fsp3) is 0.154. The molecular formula is C13H10N4O2S. The standard InChI is InChI=1S/C13H10N4O2S/c1-17-20(18,19)13-5-3-2-4-12(13)11(6-7-14)10(8-15)9-16/h2-5,17H,6H2,1H3. The molecule has 0 fully saturated rings. The predicted molar refractivity (Wildman–Crippen MR) is 71.1 cm³/mol. The van der Waals surface area contributed by atoms with Crippen LogP contribution in [0.15, 0.2) is 34.7 Å². The Morgan fingerprint density at radius 1 is 1.20 bits per heavy atom. The van der Waals surface area contributed by atoms with E-state index < -0.39 is 10.0 Å². The highest BCUT2D eigenvalue weighted by atomic mass is 32.2. The van der Waals surface area contributed by atoms with Crippen LogP contribution in [-0.4, -0.2) is 15.5 Å². The summed E-state index contributed by atoms with van der Waals surface area (Å²) in [5.41, 5.74) is 0.0127. The summed E-state index contributed by atoms with van der Waals surface area (Å²) in [6.45, 7) is 0. The molecule has 0 amide bonds. The summed E-state index contributed by atoms with van der Waals surface area (Å²) in [6, 6.07) is 11.1. The van der Waals surface area contributed by atoms with Crippen molar-refractivity contribution >= 4 is 15.6 Å². The van der Waals surface area contributed by atoms with Gasteiger partial charge in [-0.05, 0) is 13.1 Å². The molecule has 0 aromatic heterocycles. The number of sulfonamides is 1. The molecule has 20 heavy (non-hydrogen) atoms. The molecule has 0 saturated carbocycles. The molecule has 1 N–H and O–H groups in total. The summed E-state index contributed by atoms with van der Waals surface area (Å²) in [6.07, 6.45) is -0.229. The highest BCUT2D eigenvalue weighted by Gasteiger charge is 2.20. The summed E-state index contributed by atoms with van der Waals surface area (Å²) in [5, 5.41) is 26.7. The number of hydrogen-bond donors (Lipinski definition) is 1. The van der Waals surface area contributed by atoms with Crippen molar-refractivity contribution in [1.29, 1.82) is 15.8 Å². The molecule has 7 heteroatoms. The van der Waals surface area contributed by atoms with Gasteiger partial charge in [-0.2, -0.15) is 15.8 Å². The molecule has 0 aliphatic heterocycles. The van der Waals surface area contributed by atoms with Crippen LogP contribution < -0.4 is 4.72 Å². The van der Waals surface area contributed by atoms with Crippen molar-refractivity contribution in [3.8, 4) is 18.2 Å². The first-order valence-corrected chi connectivity index (χ1v) is 6.93. The van der Waals surface area contributed by atoms with Crippen LogP contribution in [0.5, 0.6) is 0 Å². The molecule has 6 nitrogen and oxygen atoms in total. The van der Waals surface area contributed by atoms with Gasteiger partial charge in [0.15, 0.2) is 0 Å². The van der Waals surface area contributed by atoms with Gasteiger partial charge in [-0.1, -0.05) is 18.2 Å². The average molecular weight is 286 g/mol. The van der Waals surface area contributed by atoms with Crippen molar-refractivity contribution < 1.29 is 8.42 Å². The van der Waals surface area contributed by atoms with Crippen molar-refractivity contribution in [3.05, 3.63) is 35.4 Å². The number of rotatable bonds is 4. The monoisotopic (exact) mass is 286 g/mol. The van der Waals surface area contributed by atoms with E-state index in [1.165, 1.54) is 25.2 Å². The van der Waals surface area contributed by atoms with Gasteiger partial charge in [0.25, 0.3) is 0 Å². The quantitative estimate of drug-likeness (QED) is 0.837. The second-order valence-electron chi connectivity index (χ2n) is 3.62. The minimum atomic E-state index is -3.75. The van der Waals surface area contributed by atoms with Gasteiger partial charge in [-0.25, -0.2) is 13.1 Å². The molecule has 1 rings (SSSR count). The third-order valence-corrected chi connectivity index (χ3v) is 4.02. The van der Waals surface area contributed by atoms with Gasteiger partial charge in [0, 0.05) is 11.1 Å². The number of nitrogens with zero attached hydrogens (tertiary/aromatic N) is 3. The van der Waals surface area contributed by atoms with Gasteiger partial charge in [0.2, 0.25) is 10.0 Å². The molecule has 0 unspecified atom stereocenters. The van der Waals surface area contributed by atoms with E-state index in [4.69, 9.17) is 15.8 Å². The van der Waals surface area contributed by atoms with Crippen molar-refractivity contribution in [2.24, 2.45) is 0 Å². The maximum absolute atomic E-state index is 11.9. The zero-order valence-corrected chi connectivity index (χ0v) is 11.4. The molecule has 0 radical (unpaired) electrons. The SMILES string of the molecule is CNS(=O)(=O)c1ccccc1C(CC#N)=C(C#N)C#N. The van der Waals surface area contributed by atoms with Gasteiger partial charge in [0.05, 0.1) is 17.4 Å². The van der Waals surface area contributed by atoms with Gasteiger partial charge in [-0.3, -0.25) is 0 Å². The van der Waals surface area contributed by atoms with Crippen LogP contribution in [-0.2, 0) is 10.0 Å². The normalized spacial score (nSPS) is 9.90. The predicted octanol–water partition coefficient (Wildman–Crippen LogP) is 1.31. The van der Waals surface area contributed by atoms with Gasteiger partial charge in [-0.15, -0.1) is 0 Å². The second kappa shape index (κ2) is 6.49. The zero-order chi connectivity index (χ0) is 15.2. The van der Waals surface area contributed by atoms with Crippen LogP contribution in [0.3, 0.4) is 0 Å². The lowest BCUT2D eigenvalue weighted by atomic mass is 9.98. The van der Waals surface area contributed by atoms with Crippen molar-refractivity contribution in [2.45, 2.75) is 11.3 Å². The van der Waals surface area contributed by atoms with Gasteiger partial charge >= 0.3 is 0 Å². The molecule has 0 saturated heterocycles. The van der Waals surface area contributed by atoms with E-state index in [9.17, 15) is 8.42 Å². The zero-order valence-electron chi connectivity index (χ0n) is 10.6. The Bertz CT molecular complexity index is 758. The number of nitrogens with one attached hydrogen (secondary N) is 1. The number of hydrogen-bond acceptors (Lipinski definition) is 5. The lowest BCUT2D eigenvalue weighted by molar-refractivity contribution is 0.588. The highest BCUT2D eigenvalue weighted by molar-refractivity contribution is 7.89. The molecule has 100 valence electrons. The van der Waals surface area contributed by atoms with Crippen molar-refractivity contribution in [2.75, 3.05) is 7.05 Å². The van der Waals surface area contributed by atoms with E-state index in [1.807, 2.05) is 6.07 Å². The lowest BCUT2D eigenvalue weighted by Gasteiger charge is -2.11. The Balaban J connectivity index is 3.72. The van der Waals surface area contributed by atoms with Crippen LogP contribution in [0.2, 0.25) is 0 Å². The van der Waals surface area contributed by atoms with Crippen LogP contribution in [0, 0.1) is 34.0 Å². The van der Waals surface area contributed by atoms with E-state index >= 15 is 0 Å². The van der Waals surface area contributed by atoms with E-state index in [0.29, 0.717) is 0 Å². The molecule has 0 atom stereocenters. The Morgan fingerprint density at radius 3 is 2.30 bits per heavy atom. The van der Waals surface area contributed by atoms with Gasteiger partial charge < -0.3 is 0 Å². The molecule has 1 aromatic rings. The van der Waals surface area contributed by atoms with E-state index in [2.05, 4.69) is 4.72 Å². The van der Waals surface area contributed by atoms with Crippen LogP contribution in [0.1, 0.15) is 12.0 Å². The minimum Gasteiger partial charge on any atom is -0.214 e. The maximum Gasteiger partial charge on any atom is 0.240 e. The Kier molecular flexibility index (Phi) is 5.00. The summed E-state index contributed by atoms with van der Waals surface area (Å²) >= 11 is 0. The fourth-order valence-electron chi connectivity index (χ4n) is 1.62. The summed E-state index contributed by atoms with van der Waals surface area (Å²) in [4.78, 5) is -0.0734. The molecule has 1 aromatic carbocycles. The molecule has 0 aliphatic carbocycles. The van der Waals surface area contributed by atoms with Crippen molar-refractivity contribution in [1.82, 2.24) is 4.72 Å². The van der Waals surface area contributed by atoms with Crippen LogP contribution >= 0.6 is 0 Å². The average Bonchev–Trinajstić information content (AvgIpc) is 2.47. The second-order valence-corrected chi connectivity index (χ2v) is 5.47. The third kappa shape index (κ3) is 3.02. The first kappa shape index (κ1) is 15.4. The first-order chi connectivity index (χ1) is 9.51. The summed E-state index contributed by atoms with van der Waals surface area (Å²) in [7, 11) is -2.50. The number of nitriles is 3. The number of benzene rings is 1. The molecular weight excluding hydrogens is 276 g/mol. The molecule has 0 heterocycles. The summed E-state index contributed by atoms with van der Waals surface area (Å²) < 4.78 is 26.1. The smallest absolute Gasteiger partial charge is 0.214 e. The molecule has 0 bridgehead atoms. The fourth-order valence-corrected chi connectivity index (χ4v) is 2.58. The van der Waals surface area contributed by atoms with E-state index in [1.54, 1.807) is 18.2 Å². The van der Waals surface area contributed by atoms with Crippen molar-refractivity contribution in [3.63, 3.8) is 0 Å².